The highest BCUT2D eigenvalue weighted by molar-refractivity contribution is 6.30. The molecule has 0 aliphatic carbocycles. The number of aromatic nitrogens is 1. The SMILES string of the molecule is Cn1ccc(NC(=O)C(C)(C)c2cccc(Cl)c2)cc1=O. The number of carbonyl (C=O) groups is 1. The fourth-order valence-corrected chi connectivity index (χ4v) is 2.11. The van der Waals surface area contributed by atoms with Crippen molar-refractivity contribution in [2.75, 3.05) is 5.32 Å². The molecular formula is C16H17ClN2O2. The average molecular weight is 305 g/mol. The van der Waals surface area contributed by atoms with Crippen LogP contribution in [0.25, 0.3) is 0 Å². The van der Waals surface area contributed by atoms with E-state index in [4.69, 9.17) is 11.6 Å². The van der Waals surface area contributed by atoms with Gasteiger partial charge in [0, 0.05) is 30.0 Å². The Bertz CT molecular complexity index is 735. The predicted octanol–water partition coefficient (Wildman–Crippen LogP) is 2.96. The van der Waals surface area contributed by atoms with Crippen molar-refractivity contribution < 1.29 is 4.79 Å². The van der Waals surface area contributed by atoms with E-state index in [-0.39, 0.29) is 11.5 Å². The third-order valence-corrected chi connectivity index (χ3v) is 3.71. The summed E-state index contributed by atoms with van der Waals surface area (Å²) in [6, 6.07) is 10.3. The molecule has 110 valence electrons. The van der Waals surface area contributed by atoms with Crippen molar-refractivity contribution in [1.29, 1.82) is 0 Å². The second-order valence-electron chi connectivity index (χ2n) is 5.45. The van der Waals surface area contributed by atoms with E-state index in [0.717, 1.165) is 5.56 Å². The Labute approximate surface area is 128 Å². The first-order valence-electron chi connectivity index (χ1n) is 6.55. The minimum absolute atomic E-state index is 0.173. The molecule has 2 rings (SSSR count). The van der Waals surface area contributed by atoms with Crippen LogP contribution in [0.5, 0.6) is 0 Å². The maximum atomic E-state index is 12.5. The summed E-state index contributed by atoms with van der Waals surface area (Å²) < 4.78 is 1.44. The molecule has 0 saturated heterocycles. The maximum Gasteiger partial charge on any atom is 0.252 e. The molecule has 5 heteroatoms. The third-order valence-electron chi connectivity index (χ3n) is 3.48. The van der Waals surface area contributed by atoms with Gasteiger partial charge in [-0.1, -0.05) is 23.7 Å². The first kappa shape index (κ1) is 15.3. The zero-order chi connectivity index (χ0) is 15.6. The van der Waals surface area contributed by atoms with Crippen LogP contribution in [-0.4, -0.2) is 10.5 Å². The van der Waals surface area contributed by atoms with E-state index in [2.05, 4.69) is 5.32 Å². The molecule has 1 aromatic carbocycles. The Kier molecular flexibility index (Phi) is 4.19. The van der Waals surface area contributed by atoms with Crippen LogP contribution in [0, 0.1) is 0 Å². The van der Waals surface area contributed by atoms with Crippen molar-refractivity contribution in [3.05, 3.63) is 63.5 Å². The number of nitrogens with one attached hydrogen (secondary N) is 1. The molecule has 2 aromatic rings. The monoisotopic (exact) mass is 304 g/mol. The summed E-state index contributed by atoms with van der Waals surface area (Å²) in [5.41, 5.74) is 0.370. The Morgan fingerprint density at radius 3 is 2.57 bits per heavy atom. The normalized spacial score (nSPS) is 11.2. The molecule has 0 aliphatic rings. The van der Waals surface area contributed by atoms with Gasteiger partial charge in [-0.2, -0.15) is 0 Å². The van der Waals surface area contributed by atoms with Gasteiger partial charge in [-0.05, 0) is 37.6 Å². The first-order chi connectivity index (χ1) is 9.80. The van der Waals surface area contributed by atoms with Gasteiger partial charge in [-0.3, -0.25) is 9.59 Å². The molecule has 0 atom stereocenters. The molecule has 21 heavy (non-hydrogen) atoms. The number of pyridine rings is 1. The lowest BCUT2D eigenvalue weighted by atomic mass is 9.83. The van der Waals surface area contributed by atoms with E-state index in [1.807, 2.05) is 26.0 Å². The van der Waals surface area contributed by atoms with Crippen LogP contribution in [0.2, 0.25) is 5.02 Å². The van der Waals surface area contributed by atoms with Crippen LogP contribution in [0.1, 0.15) is 19.4 Å². The summed E-state index contributed by atoms with van der Waals surface area (Å²) in [5.74, 6) is -0.196. The van der Waals surface area contributed by atoms with Crippen molar-refractivity contribution in [2.24, 2.45) is 7.05 Å². The number of benzene rings is 1. The summed E-state index contributed by atoms with van der Waals surface area (Å²) in [4.78, 5) is 24.1. The largest absolute Gasteiger partial charge is 0.325 e. The highest BCUT2D eigenvalue weighted by Gasteiger charge is 2.30. The maximum absolute atomic E-state index is 12.5. The van der Waals surface area contributed by atoms with Gasteiger partial charge in [-0.15, -0.1) is 0 Å². The average Bonchev–Trinajstić information content (AvgIpc) is 2.43. The van der Waals surface area contributed by atoms with Crippen LogP contribution in [0.3, 0.4) is 0 Å². The molecule has 0 saturated carbocycles. The minimum atomic E-state index is -0.758. The van der Waals surface area contributed by atoms with Crippen molar-refractivity contribution in [2.45, 2.75) is 19.3 Å². The molecule has 1 amide bonds. The third kappa shape index (κ3) is 3.34. The van der Waals surface area contributed by atoms with Crippen LogP contribution >= 0.6 is 11.6 Å². The summed E-state index contributed by atoms with van der Waals surface area (Å²) in [6.45, 7) is 3.63. The number of nitrogens with zero attached hydrogens (tertiary/aromatic N) is 1. The van der Waals surface area contributed by atoms with E-state index in [9.17, 15) is 9.59 Å². The van der Waals surface area contributed by atoms with E-state index < -0.39 is 5.41 Å². The molecule has 4 nitrogen and oxygen atoms in total. The zero-order valence-corrected chi connectivity index (χ0v) is 12.9. The molecule has 1 heterocycles. The number of halogens is 1. The molecule has 0 spiro atoms. The minimum Gasteiger partial charge on any atom is -0.325 e. The van der Waals surface area contributed by atoms with Gasteiger partial charge in [0.2, 0.25) is 5.91 Å². The Hall–Kier alpha value is -2.07. The van der Waals surface area contributed by atoms with E-state index in [0.29, 0.717) is 10.7 Å². The molecular weight excluding hydrogens is 288 g/mol. The number of anilines is 1. The van der Waals surface area contributed by atoms with Gasteiger partial charge >= 0.3 is 0 Å². The lowest BCUT2D eigenvalue weighted by Gasteiger charge is -2.24. The number of carbonyl (C=O) groups excluding carboxylic acids is 1. The fraction of sp³-hybridized carbons (Fsp3) is 0.250. The number of rotatable bonds is 3. The molecule has 0 radical (unpaired) electrons. The van der Waals surface area contributed by atoms with Gasteiger partial charge in [0.15, 0.2) is 0 Å². The number of hydrogen-bond acceptors (Lipinski definition) is 2. The van der Waals surface area contributed by atoms with E-state index in [1.54, 1.807) is 31.4 Å². The second kappa shape index (κ2) is 5.74. The Morgan fingerprint density at radius 1 is 1.24 bits per heavy atom. The van der Waals surface area contributed by atoms with Crippen LogP contribution < -0.4 is 10.9 Å². The van der Waals surface area contributed by atoms with Gasteiger partial charge in [0.05, 0.1) is 5.41 Å². The zero-order valence-electron chi connectivity index (χ0n) is 12.2. The summed E-state index contributed by atoms with van der Waals surface area (Å²) in [6.07, 6.45) is 1.62. The molecule has 0 unspecified atom stereocenters. The summed E-state index contributed by atoms with van der Waals surface area (Å²) >= 11 is 5.98. The van der Waals surface area contributed by atoms with E-state index >= 15 is 0 Å². The first-order valence-corrected chi connectivity index (χ1v) is 6.92. The van der Waals surface area contributed by atoms with Gasteiger partial charge in [0.25, 0.3) is 5.56 Å². The lowest BCUT2D eigenvalue weighted by molar-refractivity contribution is -0.120. The number of hydrogen-bond donors (Lipinski definition) is 1. The van der Waals surface area contributed by atoms with Gasteiger partial charge in [-0.25, -0.2) is 0 Å². The standard InChI is InChI=1S/C16H17ClN2O2/c1-16(2,11-5-4-6-12(17)9-11)15(21)18-13-7-8-19(3)14(20)10-13/h4-10H,1-3H3,(H,18,21). The molecule has 0 bridgehead atoms. The molecule has 1 N–H and O–H groups in total. The lowest BCUT2D eigenvalue weighted by Crippen LogP contribution is -2.35. The van der Waals surface area contributed by atoms with Crippen LogP contribution in [0.15, 0.2) is 47.4 Å². The van der Waals surface area contributed by atoms with Gasteiger partial charge in [0.1, 0.15) is 0 Å². The second-order valence-corrected chi connectivity index (χ2v) is 5.89. The smallest absolute Gasteiger partial charge is 0.252 e. The predicted molar refractivity (Wildman–Crippen MR) is 84.8 cm³/mol. The van der Waals surface area contributed by atoms with Crippen LogP contribution in [0.4, 0.5) is 5.69 Å². The van der Waals surface area contributed by atoms with Crippen molar-refractivity contribution in [1.82, 2.24) is 4.57 Å². The summed E-state index contributed by atoms with van der Waals surface area (Å²) in [5, 5.41) is 3.36. The Morgan fingerprint density at radius 2 is 1.95 bits per heavy atom. The molecule has 0 fully saturated rings. The number of amides is 1. The Balaban J connectivity index is 2.26. The topological polar surface area (TPSA) is 51.1 Å². The quantitative estimate of drug-likeness (QED) is 0.948. The van der Waals surface area contributed by atoms with Gasteiger partial charge < -0.3 is 9.88 Å². The fourth-order valence-electron chi connectivity index (χ4n) is 1.92. The molecule has 0 aliphatic heterocycles. The van der Waals surface area contributed by atoms with E-state index in [1.165, 1.54) is 10.6 Å². The number of aryl methyl sites for hydroxylation is 1. The van der Waals surface area contributed by atoms with Crippen molar-refractivity contribution in [3.8, 4) is 0 Å². The highest BCUT2D eigenvalue weighted by atomic mass is 35.5. The van der Waals surface area contributed by atoms with Crippen LogP contribution in [-0.2, 0) is 17.3 Å². The summed E-state index contributed by atoms with van der Waals surface area (Å²) in [7, 11) is 1.66. The molecule has 1 aromatic heterocycles. The van der Waals surface area contributed by atoms with Crippen molar-refractivity contribution in [3.63, 3.8) is 0 Å². The van der Waals surface area contributed by atoms with Crippen molar-refractivity contribution >= 4 is 23.2 Å². The highest BCUT2D eigenvalue weighted by Crippen LogP contribution is 2.27.